The zero-order valence-electron chi connectivity index (χ0n) is 11.3. The molecule has 0 radical (unpaired) electrons. The minimum absolute atomic E-state index is 0.132. The van der Waals surface area contributed by atoms with Gasteiger partial charge >= 0.3 is 0 Å². The molecule has 1 aromatic heterocycles. The van der Waals surface area contributed by atoms with Gasteiger partial charge in [0, 0.05) is 28.2 Å². The summed E-state index contributed by atoms with van der Waals surface area (Å²) in [6, 6.07) is 10.4. The number of carbonyl (C=O) groups is 1. The molecule has 5 heteroatoms. The standard InChI is InChI=1S/C16H13ClN2O2/c1-21-14-7-9(5-6-12(14)18)16(20)10-8-19-13-4-2-3-11(17)15(10)13/h2-8,19H,18H2,1H3. The fourth-order valence-corrected chi connectivity index (χ4v) is 2.60. The molecule has 3 aromatic rings. The third-order valence-electron chi connectivity index (χ3n) is 3.40. The summed E-state index contributed by atoms with van der Waals surface area (Å²) < 4.78 is 5.15. The highest BCUT2D eigenvalue weighted by atomic mass is 35.5. The minimum atomic E-state index is -0.132. The van der Waals surface area contributed by atoms with Gasteiger partial charge in [0.2, 0.25) is 0 Å². The van der Waals surface area contributed by atoms with Crippen molar-refractivity contribution in [2.45, 2.75) is 0 Å². The molecule has 1 heterocycles. The molecule has 0 aliphatic rings. The first kappa shape index (κ1) is 13.5. The smallest absolute Gasteiger partial charge is 0.195 e. The van der Waals surface area contributed by atoms with E-state index in [0.29, 0.717) is 27.6 Å². The van der Waals surface area contributed by atoms with Crippen molar-refractivity contribution in [2.75, 3.05) is 12.8 Å². The van der Waals surface area contributed by atoms with Crippen LogP contribution in [0.2, 0.25) is 5.02 Å². The molecule has 3 rings (SSSR count). The number of nitrogens with two attached hydrogens (primary N) is 1. The zero-order valence-corrected chi connectivity index (χ0v) is 12.1. The van der Waals surface area contributed by atoms with E-state index >= 15 is 0 Å². The van der Waals surface area contributed by atoms with Crippen LogP contribution in [0.4, 0.5) is 5.69 Å². The molecular formula is C16H13ClN2O2. The molecule has 0 atom stereocenters. The van der Waals surface area contributed by atoms with E-state index in [0.717, 1.165) is 10.9 Å². The normalized spacial score (nSPS) is 10.8. The van der Waals surface area contributed by atoms with Crippen molar-refractivity contribution < 1.29 is 9.53 Å². The Labute approximate surface area is 126 Å². The van der Waals surface area contributed by atoms with Crippen LogP contribution in [0.25, 0.3) is 10.9 Å². The number of carbonyl (C=O) groups excluding carboxylic acids is 1. The first-order valence-electron chi connectivity index (χ1n) is 6.35. The predicted molar refractivity (Wildman–Crippen MR) is 84.1 cm³/mol. The molecule has 0 unspecified atom stereocenters. The number of hydrogen-bond acceptors (Lipinski definition) is 3. The molecule has 0 amide bonds. The molecule has 21 heavy (non-hydrogen) atoms. The van der Waals surface area contributed by atoms with E-state index in [1.165, 1.54) is 7.11 Å². The van der Waals surface area contributed by atoms with Gasteiger partial charge in [0.25, 0.3) is 0 Å². The highest BCUT2D eigenvalue weighted by Crippen LogP contribution is 2.30. The molecular weight excluding hydrogens is 288 g/mol. The van der Waals surface area contributed by atoms with Crippen LogP contribution in [0.5, 0.6) is 5.75 Å². The summed E-state index contributed by atoms with van der Waals surface area (Å²) in [6.45, 7) is 0. The maximum absolute atomic E-state index is 12.7. The number of ether oxygens (including phenoxy) is 1. The van der Waals surface area contributed by atoms with Crippen LogP contribution in [-0.2, 0) is 0 Å². The number of halogens is 1. The highest BCUT2D eigenvalue weighted by Gasteiger charge is 2.17. The van der Waals surface area contributed by atoms with Crippen molar-refractivity contribution >= 4 is 34.0 Å². The van der Waals surface area contributed by atoms with Gasteiger partial charge in [-0.05, 0) is 30.3 Å². The molecule has 2 aromatic carbocycles. The predicted octanol–water partition coefficient (Wildman–Crippen LogP) is 3.64. The Hall–Kier alpha value is -2.46. The summed E-state index contributed by atoms with van der Waals surface area (Å²) in [7, 11) is 1.52. The van der Waals surface area contributed by atoms with Crippen LogP contribution in [-0.4, -0.2) is 17.9 Å². The number of fused-ring (bicyclic) bond motifs is 1. The molecule has 0 saturated carbocycles. The number of rotatable bonds is 3. The number of benzene rings is 2. The number of anilines is 1. The van der Waals surface area contributed by atoms with Gasteiger partial charge < -0.3 is 15.5 Å². The fourth-order valence-electron chi connectivity index (χ4n) is 2.33. The molecule has 0 aliphatic carbocycles. The van der Waals surface area contributed by atoms with Crippen molar-refractivity contribution in [1.29, 1.82) is 0 Å². The lowest BCUT2D eigenvalue weighted by Crippen LogP contribution is -2.02. The number of methoxy groups -OCH3 is 1. The summed E-state index contributed by atoms with van der Waals surface area (Å²) >= 11 is 6.20. The Morgan fingerprint density at radius 3 is 2.86 bits per heavy atom. The Balaban J connectivity index is 2.13. The van der Waals surface area contributed by atoms with Crippen molar-refractivity contribution in [3.63, 3.8) is 0 Å². The van der Waals surface area contributed by atoms with Crippen LogP contribution < -0.4 is 10.5 Å². The topological polar surface area (TPSA) is 68.1 Å². The minimum Gasteiger partial charge on any atom is -0.495 e. The van der Waals surface area contributed by atoms with Crippen molar-refractivity contribution in [3.05, 3.63) is 58.7 Å². The number of ketones is 1. The van der Waals surface area contributed by atoms with Crippen LogP contribution >= 0.6 is 11.6 Å². The van der Waals surface area contributed by atoms with Gasteiger partial charge in [-0.15, -0.1) is 0 Å². The van der Waals surface area contributed by atoms with Gasteiger partial charge in [-0.2, -0.15) is 0 Å². The van der Waals surface area contributed by atoms with E-state index in [2.05, 4.69) is 4.98 Å². The Morgan fingerprint density at radius 1 is 1.29 bits per heavy atom. The monoisotopic (exact) mass is 300 g/mol. The van der Waals surface area contributed by atoms with E-state index in [-0.39, 0.29) is 5.78 Å². The second kappa shape index (κ2) is 5.14. The summed E-state index contributed by atoms with van der Waals surface area (Å²) in [6.07, 6.45) is 1.67. The fraction of sp³-hybridized carbons (Fsp3) is 0.0625. The molecule has 3 N–H and O–H groups in total. The lowest BCUT2D eigenvalue weighted by molar-refractivity contribution is 0.104. The maximum atomic E-state index is 12.7. The van der Waals surface area contributed by atoms with Crippen LogP contribution in [0.15, 0.2) is 42.6 Å². The van der Waals surface area contributed by atoms with Crippen LogP contribution in [0.3, 0.4) is 0 Å². The highest BCUT2D eigenvalue weighted by molar-refractivity contribution is 6.37. The van der Waals surface area contributed by atoms with Gasteiger partial charge in [-0.1, -0.05) is 17.7 Å². The molecule has 0 saturated heterocycles. The summed E-state index contributed by atoms with van der Waals surface area (Å²) in [5.41, 5.74) is 8.12. The number of hydrogen-bond donors (Lipinski definition) is 2. The summed E-state index contributed by atoms with van der Waals surface area (Å²) in [5, 5.41) is 1.26. The first-order chi connectivity index (χ1) is 10.1. The Morgan fingerprint density at radius 2 is 2.10 bits per heavy atom. The molecule has 0 fully saturated rings. The lowest BCUT2D eigenvalue weighted by Gasteiger charge is -2.07. The third-order valence-corrected chi connectivity index (χ3v) is 3.71. The van der Waals surface area contributed by atoms with E-state index in [4.69, 9.17) is 22.1 Å². The third kappa shape index (κ3) is 2.23. The number of nitrogen functional groups attached to an aromatic ring is 1. The maximum Gasteiger partial charge on any atom is 0.195 e. The van der Waals surface area contributed by atoms with Crippen LogP contribution in [0, 0.1) is 0 Å². The Kier molecular flexibility index (Phi) is 3.31. The quantitative estimate of drug-likeness (QED) is 0.573. The second-order valence-electron chi connectivity index (χ2n) is 4.65. The van der Waals surface area contributed by atoms with Gasteiger partial charge in [0.05, 0.1) is 17.8 Å². The van der Waals surface area contributed by atoms with E-state index in [1.54, 1.807) is 30.5 Å². The Bertz CT molecular complexity index is 839. The van der Waals surface area contributed by atoms with E-state index in [1.807, 2.05) is 12.1 Å². The zero-order chi connectivity index (χ0) is 15.0. The van der Waals surface area contributed by atoms with Gasteiger partial charge in [0.15, 0.2) is 5.78 Å². The summed E-state index contributed by atoms with van der Waals surface area (Å²) in [4.78, 5) is 15.7. The molecule has 0 bridgehead atoms. The molecule has 106 valence electrons. The van der Waals surface area contributed by atoms with Crippen molar-refractivity contribution in [1.82, 2.24) is 4.98 Å². The van der Waals surface area contributed by atoms with Crippen molar-refractivity contribution in [2.24, 2.45) is 0 Å². The van der Waals surface area contributed by atoms with E-state index < -0.39 is 0 Å². The second-order valence-corrected chi connectivity index (χ2v) is 5.06. The average molecular weight is 301 g/mol. The number of aromatic nitrogens is 1. The average Bonchev–Trinajstić information content (AvgIpc) is 2.92. The molecule has 0 spiro atoms. The number of nitrogens with one attached hydrogen (secondary N) is 1. The lowest BCUT2D eigenvalue weighted by atomic mass is 10.0. The number of H-pyrrole nitrogens is 1. The van der Waals surface area contributed by atoms with E-state index in [9.17, 15) is 4.79 Å². The van der Waals surface area contributed by atoms with Gasteiger partial charge in [-0.3, -0.25) is 4.79 Å². The van der Waals surface area contributed by atoms with Gasteiger partial charge in [0.1, 0.15) is 5.75 Å². The summed E-state index contributed by atoms with van der Waals surface area (Å²) in [5.74, 6) is 0.347. The first-order valence-corrected chi connectivity index (χ1v) is 6.73. The van der Waals surface area contributed by atoms with Crippen molar-refractivity contribution in [3.8, 4) is 5.75 Å². The largest absolute Gasteiger partial charge is 0.495 e. The van der Waals surface area contributed by atoms with Crippen LogP contribution in [0.1, 0.15) is 15.9 Å². The van der Waals surface area contributed by atoms with Gasteiger partial charge in [-0.25, -0.2) is 0 Å². The SMILES string of the molecule is COc1cc(C(=O)c2c[nH]c3cccc(Cl)c23)ccc1N. The molecule has 0 aliphatic heterocycles. The molecule has 4 nitrogen and oxygen atoms in total. The number of aromatic amines is 1.